The molecule has 0 radical (unpaired) electrons. The molecule has 1 aromatic heterocycles. The van der Waals surface area contributed by atoms with Crippen LogP contribution in [0.15, 0.2) is 18.2 Å². The first-order valence-corrected chi connectivity index (χ1v) is 7.26. The topological polar surface area (TPSA) is 78.8 Å². The number of benzene rings is 1. The molecule has 1 aliphatic carbocycles. The van der Waals surface area contributed by atoms with Crippen LogP contribution in [0.5, 0.6) is 5.75 Å². The highest BCUT2D eigenvalue weighted by molar-refractivity contribution is 5.77. The monoisotopic (exact) mass is 287 g/mol. The van der Waals surface area contributed by atoms with E-state index in [0.29, 0.717) is 28.6 Å². The summed E-state index contributed by atoms with van der Waals surface area (Å²) in [6.45, 7) is 5.34. The number of aromatic nitrogens is 4. The number of nitrogens with zero attached hydrogens (tertiary/aromatic N) is 4. The highest BCUT2D eigenvalue weighted by Crippen LogP contribution is 2.53. The number of ether oxygens (including phenoxy) is 1. The van der Waals surface area contributed by atoms with Gasteiger partial charge in [0.15, 0.2) is 5.82 Å². The Bertz CT molecular complexity index is 645. The van der Waals surface area contributed by atoms with Gasteiger partial charge in [0.1, 0.15) is 5.75 Å². The lowest BCUT2D eigenvalue weighted by Crippen LogP contribution is -2.19. The van der Waals surface area contributed by atoms with Crippen LogP contribution in [0.4, 0.5) is 5.69 Å². The van der Waals surface area contributed by atoms with Crippen molar-refractivity contribution in [1.29, 1.82) is 0 Å². The molecule has 1 aromatic carbocycles. The molecule has 0 atom stereocenters. The molecule has 21 heavy (non-hydrogen) atoms. The van der Waals surface area contributed by atoms with E-state index in [-0.39, 0.29) is 0 Å². The van der Waals surface area contributed by atoms with Crippen molar-refractivity contribution in [2.24, 2.45) is 11.3 Å². The van der Waals surface area contributed by atoms with Gasteiger partial charge in [-0.25, -0.2) is 4.68 Å². The summed E-state index contributed by atoms with van der Waals surface area (Å²) < 4.78 is 7.27. The normalized spacial score (nSPS) is 16.2. The molecule has 112 valence electrons. The Kier molecular flexibility index (Phi) is 3.31. The fourth-order valence-corrected chi connectivity index (χ4v) is 2.82. The molecule has 0 saturated heterocycles. The second kappa shape index (κ2) is 5.02. The van der Waals surface area contributed by atoms with Crippen LogP contribution in [-0.2, 0) is 6.54 Å². The van der Waals surface area contributed by atoms with Crippen molar-refractivity contribution < 1.29 is 4.74 Å². The van der Waals surface area contributed by atoms with Crippen molar-refractivity contribution in [3.63, 3.8) is 0 Å². The van der Waals surface area contributed by atoms with Crippen molar-refractivity contribution in [3.05, 3.63) is 18.2 Å². The Morgan fingerprint density at radius 3 is 2.76 bits per heavy atom. The van der Waals surface area contributed by atoms with Crippen LogP contribution in [0.25, 0.3) is 11.4 Å². The van der Waals surface area contributed by atoms with E-state index < -0.39 is 0 Å². The number of hydrogen-bond donors (Lipinski definition) is 1. The summed E-state index contributed by atoms with van der Waals surface area (Å²) in [5, 5.41) is 12.2. The van der Waals surface area contributed by atoms with Gasteiger partial charge in [-0.15, -0.1) is 5.10 Å². The summed E-state index contributed by atoms with van der Waals surface area (Å²) in [7, 11) is 1.63. The van der Waals surface area contributed by atoms with E-state index in [1.807, 2.05) is 22.9 Å². The minimum Gasteiger partial charge on any atom is -0.496 e. The summed E-state index contributed by atoms with van der Waals surface area (Å²) in [6.07, 6.45) is 2.46. The molecule has 1 heterocycles. The Hall–Kier alpha value is -2.11. The van der Waals surface area contributed by atoms with E-state index in [1.54, 1.807) is 7.11 Å². The Morgan fingerprint density at radius 1 is 1.38 bits per heavy atom. The Morgan fingerprint density at radius 2 is 2.14 bits per heavy atom. The number of anilines is 1. The van der Waals surface area contributed by atoms with Gasteiger partial charge in [0.05, 0.1) is 19.2 Å². The quantitative estimate of drug-likeness (QED) is 0.854. The van der Waals surface area contributed by atoms with Crippen LogP contribution >= 0.6 is 0 Å². The number of nitrogen functional groups attached to an aromatic ring is 1. The zero-order valence-electron chi connectivity index (χ0n) is 12.7. The van der Waals surface area contributed by atoms with Gasteiger partial charge >= 0.3 is 0 Å². The fraction of sp³-hybridized carbons (Fsp3) is 0.533. The van der Waals surface area contributed by atoms with Gasteiger partial charge in [0, 0.05) is 5.69 Å². The molecular formula is C15H21N5O. The van der Waals surface area contributed by atoms with Gasteiger partial charge in [-0.2, -0.15) is 0 Å². The van der Waals surface area contributed by atoms with Crippen LogP contribution in [0.3, 0.4) is 0 Å². The molecule has 0 aliphatic heterocycles. The second-order valence-corrected chi connectivity index (χ2v) is 6.10. The van der Waals surface area contributed by atoms with Gasteiger partial charge in [0.25, 0.3) is 0 Å². The Labute approximate surface area is 124 Å². The van der Waals surface area contributed by atoms with Crippen LogP contribution in [0, 0.1) is 11.3 Å². The van der Waals surface area contributed by atoms with E-state index >= 15 is 0 Å². The first kappa shape index (κ1) is 13.9. The van der Waals surface area contributed by atoms with Gasteiger partial charge in [-0.3, -0.25) is 0 Å². The lowest BCUT2D eigenvalue weighted by atomic mass is 9.92. The number of tetrazole rings is 1. The summed E-state index contributed by atoms with van der Waals surface area (Å²) in [6, 6.07) is 5.58. The maximum atomic E-state index is 6.11. The maximum Gasteiger partial charge on any atom is 0.187 e. The third-order valence-electron chi connectivity index (χ3n) is 4.62. The van der Waals surface area contributed by atoms with E-state index in [9.17, 15) is 0 Å². The fourth-order valence-electron chi connectivity index (χ4n) is 2.82. The minimum absolute atomic E-state index is 0.320. The molecular weight excluding hydrogens is 266 g/mol. The summed E-state index contributed by atoms with van der Waals surface area (Å²) in [5.74, 6) is 1.99. The summed E-state index contributed by atoms with van der Waals surface area (Å²) in [4.78, 5) is 0. The van der Waals surface area contributed by atoms with Crippen LogP contribution < -0.4 is 10.5 Å². The third-order valence-corrected chi connectivity index (χ3v) is 4.62. The average Bonchev–Trinajstić information content (AvgIpc) is 3.11. The van der Waals surface area contributed by atoms with E-state index in [4.69, 9.17) is 10.5 Å². The molecule has 0 amide bonds. The molecule has 1 aliphatic rings. The zero-order valence-corrected chi connectivity index (χ0v) is 12.7. The number of methoxy groups -OCH3 is 1. The summed E-state index contributed by atoms with van der Waals surface area (Å²) in [5.41, 5.74) is 7.82. The van der Waals surface area contributed by atoms with Crippen molar-refractivity contribution in [2.45, 2.75) is 33.2 Å². The number of hydrogen-bond acceptors (Lipinski definition) is 5. The van der Waals surface area contributed by atoms with E-state index in [2.05, 4.69) is 29.4 Å². The molecule has 6 nitrogen and oxygen atoms in total. The zero-order chi connectivity index (χ0) is 15.0. The molecule has 0 bridgehead atoms. The van der Waals surface area contributed by atoms with Crippen molar-refractivity contribution in [2.75, 3.05) is 12.8 Å². The number of nitrogens with two attached hydrogens (primary N) is 1. The van der Waals surface area contributed by atoms with Gasteiger partial charge < -0.3 is 10.5 Å². The lowest BCUT2D eigenvalue weighted by Gasteiger charge is -2.20. The van der Waals surface area contributed by atoms with Crippen molar-refractivity contribution in [1.82, 2.24) is 20.2 Å². The summed E-state index contributed by atoms with van der Waals surface area (Å²) >= 11 is 0. The second-order valence-electron chi connectivity index (χ2n) is 6.10. The molecule has 3 rings (SSSR count). The van der Waals surface area contributed by atoms with Crippen molar-refractivity contribution in [3.8, 4) is 17.1 Å². The van der Waals surface area contributed by atoms with E-state index in [0.717, 1.165) is 12.1 Å². The lowest BCUT2D eigenvalue weighted by molar-refractivity contribution is 0.294. The first-order chi connectivity index (χ1) is 10.1. The first-order valence-electron chi connectivity index (χ1n) is 7.26. The molecule has 1 saturated carbocycles. The minimum atomic E-state index is 0.320. The van der Waals surface area contributed by atoms with Crippen LogP contribution in [0.2, 0.25) is 0 Å². The van der Waals surface area contributed by atoms with Gasteiger partial charge in [-0.05, 0) is 46.7 Å². The van der Waals surface area contributed by atoms with Crippen molar-refractivity contribution >= 4 is 5.69 Å². The maximum absolute atomic E-state index is 6.11. The predicted octanol–water partition coefficient (Wildman–Crippen LogP) is 2.37. The average molecular weight is 287 g/mol. The molecule has 0 unspecified atom stereocenters. The standard InChI is InChI=1S/C15H21N5O/c1-10(2)15(7-8-15)9-20-14(17-18-19-20)13-11(16)5-4-6-12(13)21-3/h4-6,10H,7-9,16H2,1-3H3. The van der Waals surface area contributed by atoms with Gasteiger partial charge in [0.2, 0.25) is 0 Å². The molecule has 0 spiro atoms. The molecule has 1 fully saturated rings. The smallest absolute Gasteiger partial charge is 0.187 e. The largest absolute Gasteiger partial charge is 0.496 e. The van der Waals surface area contributed by atoms with E-state index in [1.165, 1.54) is 12.8 Å². The third kappa shape index (κ3) is 2.34. The SMILES string of the molecule is COc1cccc(N)c1-c1nnnn1CC1(C(C)C)CC1. The highest BCUT2D eigenvalue weighted by Gasteiger charge is 2.46. The van der Waals surface area contributed by atoms with Crippen LogP contribution in [-0.4, -0.2) is 27.3 Å². The number of rotatable bonds is 5. The highest BCUT2D eigenvalue weighted by atomic mass is 16.5. The van der Waals surface area contributed by atoms with Gasteiger partial charge in [-0.1, -0.05) is 19.9 Å². The molecule has 6 heteroatoms. The molecule has 2 N–H and O–H groups in total. The predicted molar refractivity (Wildman–Crippen MR) is 80.7 cm³/mol. The molecule has 2 aromatic rings. The Balaban J connectivity index is 2.00. The van der Waals surface area contributed by atoms with Crippen LogP contribution in [0.1, 0.15) is 26.7 Å².